The highest BCUT2D eigenvalue weighted by atomic mass is 35.5. The Morgan fingerprint density at radius 1 is 1.19 bits per heavy atom. The molecule has 2 rings (SSSR count). The van der Waals surface area contributed by atoms with Gasteiger partial charge in [0.15, 0.2) is 0 Å². The molecule has 0 amide bonds. The molecule has 1 fully saturated rings. The fourth-order valence-corrected chi connectivity index (χ4v) is 1.96. The largest absolute Gasteiger partial charge is 0.399 e. The summed E-state index contributed by atoms with van der Waals surface area (Å²) in [5.41, 5.74) is 7.94. The van der Waals surface area contributed by atoms with Crippen LogP contribution in [0.3, 0.4) is 0 Å². The van der Waals surface area contributed by atoms with Crippen LogP contribution in [0, 0.1) is 0 Å². The Balaban J connectivity index is 0.00000128. The van der Waals surface area contributed by atoms with Gasteiger partial charge in [-0.15, -0.1) is 12.4 Å². The first-order valence-corrected chi connectivity index (χ1v) is 5.49. The van der Waals surface area contributed by atoms with Crippen molar-refractivity contribution in [1.29, 1.82) is 0 Å². The van der Waals surface area contributed by atoms with Crippen LogP contribution in [-0.4, -0.2) is 43.0 Å². The summed E-state index contributed by atoms with van der Waals surface area (Å²) in [4.78, 5) is 4.85. The molecule has 0 radical (unpaired) electrons. The van der Waals surface area contributed by atoms with Crippen molar-refractivity contribution in [3.63, 3.8) is 0 Å². The molecule has 1 saturated heterocycles. The molecule has 2 N–H and O–H groups in total. The third-order valence-corrected chi connectivity index (χ3v) is 2.95. The van der Waals surface area contributed by atoms with Gasteiger partial charge in [-0.2, -0.15) is 0 Å². The summed E-state index contributed by atoms with van der Waals surface area (Å²) in [5.74, 6) is 0. The van der Waals surface area contributed by atoms with Gasteiger partial charge < -0.3 is 10.6 Å². The van der Waals surface area contributed by atoms with Crippen molar-refractivity contribution < 1.29 is 0 Å². The summed E-state index contributed by atoms with van der Waals surface area (Å²) in [5, 5.41) is 0. The van der Waals surface area contributed by atoms with Gasteiger partial charge in [0, 0.05) is 38.4 Å². The van der Waals surface area contributed by atoms with Crippen LogP contribution in [-0.2, 0) is 6.54 Å². The third-order valence-electron chi connectivity index (χ3n) is 2.95. The van der Waals surface area contributed by atoms with Gasteiger partial charge in [0.25, 0.3) is 0 Å². The molecule has 0 aromatic heterocycles. The lowest BCUT2D eigenvalue weighted by atomic mass is 10.2. The number of nitrogen functional groups attached to an aromatic ring is 1. The average molecular weight is 242 g/mol. The lowest BCUT2D eigenvalue weighted by molar-refractivity contribution is 0.148. The van der Waals surface area contributed by atoms with E-state index in [1.807, 2.05) is 12.1 Å². The van der Waals surface area contributed by atoms with Crippen molar-refractivity contribution in [2.45, 2.75) is 6.54 Å². The van der Waals surface area contributed by atoms with E-state index in [9.17, 15) is 0 Å². The number of halogens is 1. The van der Waals surface area contributed by atoms with Crippen molar-refractivity contribution in [3.8, 4) is 0 Å². The van der Waals surface area contributed by atoms with Gasteiger partial charge in [-0.05, 0) is 24.7 Å². The van der Waals surface area contributed by atoms with Gasteiger partial charge in [-0.25, -0.2) is 0 Å². The molecule has 1 aromatic rings. The number of hydrogen-bond donors (Lipinski definition) is 1. The Labute approximate surface area is 104 Å². The monoisotopic (exact) mass is 241 g/mol. The SMILES string of the molecule is CN1CCN(Cc2cccc(N)c2)CC1.Cl. The van der Waals surface area contributed by atoms with E-state index in [0.29, 0.717) is 0 Å². The quantitative estimate of drug-likeness (QED) is 0.796. The molecular formula is C12H20ClN3. The normalized spacial score (nSPS) is 18.1. The fourth-order valence-electron chi connectivity index (χ4n) is 1.96. The summed E-state index contributed by atoms with van der Waals surface area (Å²) < 4.78 is 0. The Kier molecular flexibility index (Phi) is 5.06. The van der Waals surface area contributed by atoms with Crippen LogP contribution in [0.25, 0.3) is 0 Å². The van der Waals surface area contributed by atoms with Gasteiger partial charge >= 0.3 is 0 Å². The molecule has 4 heteroatoms. The molecule has 1 aliphatic heterocycles. The number of piperazine rings is 1. The minimum atomic E-state index is 0. The minimum Gasteiger partial charge on any atom is -0.399 e. The predicted octanol–water partition coefficient (Wildman–Crippen LogP) is 1.44. The molecule has 1 heterocycles. The molecule has 0 aliphatic carbocycles. The number of benzene rings is 1. The van der Waals surface area contributed by atoms with Gasteiger partial charge in [0.05, 0.1) is 0 Å². The summed E-state index contributed by atoms with van der Waals surface area (Å²) in [6, 6.07) is 8.18. The zero-order valence-electron chi connectivity index (χ0n) is 9.72. The highest BCUT2D eigenvalue weighted by Gasteiger charge is 2.13. The first-order chi connectivity index (χ1) is 7.24. The summed E-state index contributed by atoms with van der Waals surface area (Å²) in [6.45, 7) is 5.68. The van der Waals surface area contributed by atoms with Crippen molar-refractivity contribution >= 4 is 18.1 Å². The lowest BCUT2D eigenvalue weighted by Gasteiger charge is -2.32. The first-order valence-electron chi connectivity index (χ1n) is 5.49. The lowest BCUT2D eigenvalue weighted by Crippen LogP contribution is -2.43. The van der Waals surface area contributed by atoms with Gasteiger partial charge in [-0.1, -0.05) is 12.1 Å². The van der Waals surface area contributed by atoms with Crippen molar-refractivity contribution in [2.24, 2.45) is 0 Å². The molecule has 0 atom stereocenters. The van der Waals surface area contributed by atoms with E-state index in [-0.39, 0.29) is 12.4 Å². The van der Waals surface area contributed by atoms with Crippen LogP contribution in [0.5, 0.6) is 0 Å². The van der Waals surface area contributed by atoms with Crippen LogP contribution in [0.4, 0.5) is 5.69 Å². The molecule has 3 nitrogen and oxygen atoms in total. The van der Waals surface area contributed by atoms with Crippen LogP contribution in [0.2, 0.25) is 0 Å². The average Bonchev–Trinajstić information content (AvgIpc) is 2.22. The zero-order valence-corrected chi connectivity index (χ0v) is 10.5. The van der Waals surface area contributed by atoms with E-state index in [2.05, 4.69) is 29.0 Å². The highest BCUT2D eigenvalue weighted by Crippen LogP contribution is 2.10. The molecule has 0 unspecified atom stereocenters. The maximum Gasteiger partial charge on any atom is 0.0317 e. The van der Waals surface area contributed by atoms with Gasteiger partial charge in [-0.3, -0.25) is 4.90 Å². The third kappa shape index (κ3) is 3.67. The van der Waals surface area contributed by atoms with E-state index >= 15 is 0 Å². The summed E-state index contributed by atoms with van der Waals surface area (Å²) in [7, 11) is 2.18. The molecule has 16 heavy (non-hydrogen) atoms. The molecular weight excluding hydrogens is 222 g/mol. The number of rotatable bonds is 2. The maximum atomic E-state index is 5.76. The van der Waals surface area contributed by atoms with E-state index in [1.54, 1.807) is 0 Å². The standard InChI is InChI=1S/C12H19N3.ClH/c1-14-5-7-15(8-6-14)10-11-3-2-4-12(13)9-11;/h2-4,9H,5-8,10,13H2,1H3;1H. The second kappa shape index (κ2) is 6.09. The first kappa shape index (κ1) is 13.3. The van der Waals surface area contributed by atoms with Crippen molar-refractivity contribution in [3.05, 3.63) is 29.8 Å². The molecule has 1 aliphatic rings. The zero-order chi connectivity index (χ0) is 10.7. The second-order valence-electron chi connectivity index (χ2n) is 4.32. The number of nitrogens with two attached hydrogens (primary N) is 1. The smallest absolute Gasteiger partial charge is 0.0317 e. The Bertz CT molecular complexity index is 322. The topological polar surface area (TPSA) is 32.5 Å². The maximum absolute atomic E-state index is 5.76. The van der Waals surface area contributed by atoms with Gasteiger partial charge in [0.1, 0.15) is 0 Å². The number of anilines is 1. The molecule has 90 valence electrons. The second-order valence-corrected chi connectivity index (χ2v) is 4.32. The van der Waals surface area contributed by atoms with Crippen LogP contribution < -0.4 is 5.73 Å². The predicted molar refractivity (Wildman–Crippen MR) is 70.9 cm³/mol. The summed E-state index contributed by atoms with van der Waals surface area (Å²) in [6.07, 6.45) is 0. The number of hydrogen-bond acceptors (Lipinski definition) is 3. The van der Waals surface area contributed by atoms with Crippen molar-refractivity contribution in [2.75, 3.05) is 39.0 Å². The minimum absolute atomic E-state index is 0. The fraction of sp³-hybridized carbons (Fsp3) is 0.500. The van der Waals surface area contributed by atoms with E-state index in [4.69, 9.17) is 5.73 Å². The van der Waals surface area contributed by atoms with Crippen LogP contribution in [0.1, 0.15) is 5.56 Å². The van der Waals surface area contributed by atoms with E-state index < -0.39 is 0 Å². The number of nitrogens with zero attached hydrogens (tertiary/aromatic N) is 2. The molecule has 0 saturated carbocycles. The molecule has 1 aromatic carbocycles. The van der Waals surface area contributed by atoms with Crippen LogP contribution in [0.15, 0.2) is 24.3 Å². The van der Waals surface area contributed by atoms with E-state index in [0.717, 1.165) is 25.3 Å². The highest BCUT2D eigenvalue weighted by molar-refractivity contribution is 5.85. The van der Waals surface area contributed by atoms with Crippen LogP contribution >= 0.6 is 12.4 Å². The molecule has 0 spiro atoms. The Morgan fingerprint density at radius 2 is 1.88 bits per heavy atom. The Hall–Kier alpha value is -0.770. The van der Waals surface area contributed by atoms with Gasteiger partial charge in [0.2, 0.25) is 0 Å². The summed E-state index contributed by atoms with van der Waals surface area (Å²) >= 11 is 0. The Morgan fingerprint density at radius 3 is 2.50 bits per heavy atom. The number of likely N-dealkylation sites (N-methyl/N-ethyl adjacent to an activating group) is 1. The van der Waals surface area contributed by atoms with E-state index in [1.165, 1.54) is 18.7 Å². The molecule has 0 bridgehead atoms. The van der Waals surface area contributed by atoms with Crippen molar-refractivity contribution in [1.82, 2.24) is 9.80 Å².